The molecule has 0 saturated carbocycles. The Labute approximate surface area is 102 Å². The Morgan fingerprint density at radius 2 is 2.25 bits per heavy atom. The van der Waals surface area contributed by atoms with Crippen molar-refractivity contribution in [3.63, 3.8) is 0 Å². The number of hydrogen-bond acceptors (Lipinski definition) is 3. The Kier molecular flexibility index (Phi) is 4.57. The van der Waals surface area contributed by atoms with E-state index in [0.29, 0.717) is 0 Å². The second-order valence-corrected chi connectivity index (χ2v) is 4.67. The van der Waals surface area contributed by atoms with Gasteiger partial charge in [-0.05, 0) is 28.1 Å². The number of carbonyl (C=O) groups excluding carboxylic acids is 1. The number of ether oxygens (including phenoxy) is 1. The molecule has 1 atom stereocenters. The van der Waals surface area contributed by atoms with Crippen LogP contribution in [0.5, 0.6) is 0 Å². The quantitative estimate of drug-likeness (QED) is 0.686. The first-order chi connectivity index (χ1) is 7.45. The predicted octanol–water partition coefficient (Wildman–Crippen LogP) is 2.10. The van der Waals surface area contributed by atoms with Crippen molar-refractivity contribution in [2.75, 3.05) is 7.11 Å². The van der Waals surface area contributed by atoms with Crippen molar-refractivity contribution >= 4 is 33.0 Å². The standard InChI is InChI=1S/C9H8BrFO4S/c1-15-9(12)6-2-5(4-16(13)14)8(11)3-7(6)10/h2-3H,4H2,1H3,(H,13,14). The molecule has 0 spiro atoms. The van der Waals surface area contributed by atoms with Crippen LogP contribution in [0.25, 0.3) is 0 Å². The summed E-state index contributed by atoms with van der Waals surface area (Å²) in [5.41, 5.74) is 0.105. The van der Waals surface area contributed by atoms with E-state index >= 15 is 0 Å². The molecule has 1 aromatic carbocycles. The highest BCUT2D eigenvalue weighted by Crippen LogP contribution is 2.22. The minimum atomic E-state index is -2.16. The van der Waals surface area contributed by atoms with Gasteiger partial charge in [0.25, 0.3) is 0 Å². The van der Waals surface area contributed by atoms with E-state index < -0.39 is 22.9 Å². The van der Waals surface area contributed by atoms with Gasteiger partial charge >= 0.3 is 5.97 Å². The van der Waals surface area contributed by atoms with E-state index in [0.717, 1.165) is 6.07 Å². The molecule has 1 unspecified atom stereocenters. The van der Waals surface area contributed by atoms with Crippen LogP contribution in [0.3, 0.4) is 0 Å². The maximum Gasteiger partial charge on any atom is 0.339 e. The third kappa shape index (κ3) is 3.10. The zero-order valence-electron chi connectivity index (χ0n) is 8.20. The highest BCUT2D eigenvalue weighted by molar-refractivity contribution is 9.10. The van der Waals surface area contributed by atoms with E-state index in [4.69, 9.17) is 4.55 Å². The number of methoxy groups -OCH3 is 1. The van der Waals surface area contributed by atoms with Crippen molar-refractivity contribution in [1.29, 1.82) is 0 Å². The zero-order valence-corrected chi connectivity index (χ0v) is 10.6. The summed E-state index contributed by atoms with van der Waals surface area (Å²) in [4.78, 5) is 11.3. The van der Waals surface area contributed by atoms with E-state index in [2.05, 4.69) is 20.7 Å². The SMILES string of the molecule is COC(=O)c1cc(CS(=O)O)c(F)cc1Br. The molecule has 0 saturated heterocycles. The summed E-state index contributed by atoms with van der Waals surface area (Å²) in [5.74, 6) is -1.66. The largest absolute Gasteiger partial charge is 0.465 e. The lowest BCUT2D eigenvalue weighted by molar-refractivity contribution is 0.0599. The molecule has 16 heavy (non-hydrogen) atoms. The van der Waals surface area contributed by atoms with E-state index in [1.807, 2.05) is 0 Å². The molecule has 88 valence electrons. The molecule has 4 nitrogen and oxygen atoms in total. The van der Waals surface area contributed by atoms with Crippen LogP contribution in [0.4, 0.5) is 4.39 Å². The van der Waals surface area contributed by atoms with Gasteiger partial charge in [0.2, 0.25) is 0 Å². The normalized spacial score (nSPS) is 12.2. The monoisotopic (exact) mass is 310 g/mol. The second-order valence-electron chi connectivity index (χ2n) is 2.88. The molecule has 0 bridgehead atoms. The summed E-state index contributed by atoms with van der Waals surface area (Å²) >= 11 is 0.845. The first kappa shape index (κ1) is 13.3. The van der Waals surface area contributed by atoms with E-state index in [1.165, 1.54) is 13.2 Å². The molecule has 0 amide bonds. The van der Waals surface area contributed by atoms with Crippen molar-refractivity contribution in [3.05, 3.63) is 33.5 Å². The van der Waals surface area contributed by atoms with Crippen LogP contribution >= 0.6 is 15.9 Å². The third-order valence-corrected chi connectivity index (χ3v) is 3.03. The molecule has 0 aromatic heterocycles. The maximum atomic E-state index is 13.3. The Bertz CT molecular complexity index is 449. The van der Waals surface area contributed by atoms with Crippen molar-refractivity contribution < 1.29 is 22.7 Å². The summed E-state index contributed by atoms with van der Waals surface area (Å²) in [6, 6.07) is 2.26. The van der Waals surface area contributed by atoms with Crippen molar-refractivity contribution in [1.82, 2.24) is 0 Å². The Morgan fingerprint density at radius 1 is 1.62 bits per heavy atom. The predicted molar refractivity (Wildman–Crippen MR) is 59.9 cm³/mol. The molecule has 0 radical (unpaired) electrons. The van der Waals surface area contributed by atoms with Gasteiger partial charge in [-0.25, -0.2) is 13.4 Å². The summed E-state index contributed by atoms with van der Waals surface area (Å²) in [7, 11) is 1.20. The molecular formula is C9H8BrFO4S. The van der Waals surface area contributed by atoms with Crippen LogP contribution in [0, 0.1) is 5.82 Å². The van der Waals surface area contributed by atoms with Gasteiger partial charge in [-0.2, -0.15) is 0 Å². The second kappa shape index (κ2) is 5.51. The van der Waals surface area contributed by atoms with Gasteiger partial charge in [0, 0.05) is 10.0 Å². The average Bonchev–Trinajstić information content (AvgIpc) is 2.20. The van der Waals surface area contributed by atoms with Crippen LogP contribution in [0.1, 0.15) is 15.9 Å². The minimum absolute atomic E-state index is 0.00978. The van der Waals surface area contributed by atoms with Crippen LogP contribution in [-0.2, 0) is 21.6 Å². The van der Waals surface area contributed by atoms with Gasteiger partial charge in [-0.3, -0.25) is 0 Å². The van der Waals surface area contributed by atoms with E-state index in [-0.39, 0.29) is 21.4 Å². The fraction of sp³-hybridized carbons (Fsp3) is 0.222. The van der Waals surface area contributed by atoms with Gasteiger partial charge in [0.15, 0.2) is 11.1 Å². The number of esters is 1. The van der Waals surface area contributed by atoms with E-state index in [9.17, 15) is 13.4 Å². The number of halogens is 2. The Hall–Kier alpha value is -0.790. The van der Waals surface area contributed by atoms with Crippen molar-refractivity contribution in [3.8, 4) is 0 Å². The Morgan fingerprint density at radius 3 is 2.75 bits per heavy atom. The fourth-order valence-corrected chi connectivity index (χ4v) is 2.07. The van der Waals surface area contributed by atoms with Crippen LogP contribution in [0.2, 0.25) is 0 Å². The average molecular weight is 311 g/mol. The molecule has 0 aliphatic carbocycles. The van der Waals surface area contributed by atoms with Crippen molar-refractivity contribution in [2.24, 2.45) is 0 Å². The highest BCUT2D eigenvalue weighted by Gasteiger charge is 2.15. The maximum absolute atomic E-state index is 13.3. The summed E-state index contributed by atoms with van der Waals surface area (Å²) in [6.45, 7) is 0. The number of hydrogen-bond donors (Lipinski definition) is 1. The molecule has 0 aliphatic heterocycles. The van der Waals surface area contributed by atoms with Gasteiger partial charge in [0.1, 0.15) is 5.82 Å². The molecular weight excluding hydrogens is 303 g/mol. The topological polar surface area (TPSA) is 63.6 Å². The Balaban J connectivity index is 3.21. The summed E-state index contributed by atoms with van der Waals surface area (Å²) in [6.07, 6.45) is 0. The van der Waals surface area contributed by atoms with Crippen LogP contribution < -0.4 is 0 Å². The first-order valence-corrected chi connectivity index (χ1v) is 6.16. The first-order valence-electron chi connectivity index (χ1n) is 4.09. The molecule has 0 heterocycles. The molecule has 0 aliphatic rings. The molecule has 0 fully saturated rings. The van der Waals surface area contributed by atoms with Crippen LogP contribution in [0.15, 0.2) is 16.6 Å². The van der Waals surface area contributed by atoms with Gasteiger partial charge < -0.3 is 9.29 Å². The fourth-order valence-electron chi connectivity index (χ4n) is 1.10. The number of rotatable bonds is 3. The number of benzene rings is 1. The summed E-state index contributed by atoms with van der Waals surface area (Å²) < 4.78 is 37.3. The van der Waals surface area contributed by atoms with Gasteiger partial charge in [0.05, 0.1) is 18.4 Å². The molecule has 7 heteroatoms. The highest BCUT2D eigenvalue weighted by atomic mass is 79.9. The molecule has 1 N–H and O–H groups in total. The van der Waals surface area contributed by atoms with Gasteiger partial charge in [-0.15, -0.1) is 0 Å². The third-order valence-electron chi connectivity index (χ3n) is 1.82. The smallest absolute Gasteiger partial charge is 0.339 e. The molecule has 1 rings (SSSR count). The lowest BCUT2D eigenvalue weighted by atomic mass is 10.1. The minimum Gasteiger partial charge on any atom is -0.465 e. The van der Waals surface area contributed by atoms with E-state index in [1.54, 1.807) is 0 Å². The van der Waals surface area contributed by atoms with Crippen molar-refractivity contribution in [2.45, 2.75) is 5.75 Å². The lowest BCUT2D eigenvalue weighted by Crippen LogP contribution is -2.06. The number of carbonyl (C=O) groups is 1. The summed E-state index contributed by atoms with van der Waals surface area (Å²) in [5, 5.41) is 0. The van der Waals surface area contributed by atoms with Gasteiger partial charge in [-0.1, -0.05) is 0 Å². The molecule has 1 aromatic rings. The lowest BCUT2D eigenvalue weighted by Gasteiger charge is -2.06. The van der Waals surface area contributed by atoms with Crippen LogP contribution in [-0.4, -0.2) is 21.8 Å². The zero-order chi connectivity index (χ0) is 12.3.